The summed E-state index contributed by atoms with van der Waals surface area (Å²) in [5, 5.41) is 11.7. The van der Waals surface area contributed by atoms with Crippen molar-refractivity contribution in [3.8, 4) is 6.07 Å². The molecule has 0 aromatic heterocycles. The van der Waals surface area contributed by atoms with Crippen molar-refractivity contribution in [3.05, 3.63) is 65.2 Å². The average Bonchev–Trinajstić information content (AvgIpc) is 2.57. The first kappa shape index (κ1) is 16.4. The molecule has 1 atom stereocenters. The maximum absolute atomic E-state index is 12.5. The zero-order chi connectivity index (χ0) is 16.8. The molecule has 0 spiro atoms. The molecule has 23 heavy (non-hydrogen) atoms. The maximum Gasteiger partial charge on any atom is 0.218 e. The van der Waals surface area contributed by atoms with Gasteiger partial charge in [0.1, 0.15) is 0 Å². The van der Waals surface area contributed by atoms with Crippen LogP contribution in [0.1, 0.15) is 22.7 Å². The van der Waals surface area contributed by atoms with Gasteiger partial charge in [-0.2, -0.15) is 5.26 Å². The lowest BCUT2D eigenvalue weighted by Gasteiger charge is -2.15. The van der Waals surface area contributed by atoms with Crippen LogP contribution in [0, 0.1) is 18.3 Å². The van der Waals surface area contributed by atoms with Crippen molar-refractivity contribution in [2.45, 2.75) is 13.0 Å². The molecule has 0 saturated carbocycles. The van der Waals surface area contributed by atoms with Gasteiger partial charge in [-0.3, -0.25) is 4.79 Å². The molecule has 5 heteroatoms. The molecule has 2 rings (SSSR count). The number of nitriles is 1. The van der Waals surface area contributed by atoms with Crippen molar-refractivity contribution in [1.82, 2.24) is 5.32 Å². The van der Waals surface area contributed by atoms with Crippen LogP contribution >= 0.6 is 0 Å². The number of amidine groups is 1. The fourth-order valence-electron chi connectivity index (χ4n) is 2.16. The summed E-state index contributed by atoms with van der Waals surface area (Å²) < 4.78 is 0. The van der Waals surface area contributed by atoms with Gasteiger partial charge < -0.3 is 11.1 Å². The summed E-state index contributed by atoms with van der Waals surface area (Å²) >= 11 is 0. The number of Topliss-reactive ketones (excluding diaryl/α,β-unsaturated/α-hetero) is 1. The zero-order valence-electron chi connectivity index (χ0n) is 13.1. The first-order valence-electron chi connectivity index (χ1n) is 7.17. The van der Waals surface area contributed by atoms with Gasteiger partial charge in [-0.15, -0.1) is 0 Å². The topological polar surface area (TPSA) is 91.3 Å². The highest BCUT2D eigenvalue weighted by Crippen LogP contribution is 2.17. The second-order valence-electron chi connectivity index (χ2n) is 5.15. The second kappa shape index (κ2) is 7.34. The van der Waals surface area contributed by atoms with Gasteiger partial charge in [0, 0.05) is 0 Å². The summed E-state index contributed by atoms with van der Waals surface area (Å²) in [5.41, 5.74) is 8.88. The minimum absolute atomic E-state index is 0.0744. The minimum atomic E-state index is -0.544. The van der Waals surface area contributed by atoms with E-state index in [0.29, 0.717) is 11.3 Å². The summed E-state index contributed by atoms with van der Waals surface area (Å²) in [6, 6.07) is 15.7. The summed E-state index contributed by atoms with van der Waals surface area (Å²) in [6.07, 6.45) is 0. The van der Waals surface area contributed by atoms with E-state index in [2.05, 4.69) is 10.3 Å². The number of aliphatic imine (C=N–C) groups is 1. The molecular weight excluding hydrogens is 288 g/mol. The molecule has 2 aromatic rings. The van der Waals surface area contributed by atoms with Crippen LogP contribution in [-0.4, -0.2) is 18.7 Å². The van der Waals surface area contributed by atoms with Gasteiger partial charge in [-0.05, 0) is 43.8 Å². The molecule has 0 saturated heterocycles. The predicted molar refractivity (Wildman–Crippen MR) is 90.4 cm³/mol. The molecule has 0 radical (unpaired) electrons. The highest BCUT2D eigenvalue weighted by Gasteiger charge is 2.21. The van der Waals surface area contributed by atoms with Crippen LogP contribution < -0.4 is 11.1 Å². The third kappa shape index (κ3) is 4.02. The number of nitrogens with zero attached hydrogens (tertiary/aromatic N) is 2. The van der Waals surface area contributed by atoms with Crippen molar-refractivity contribution in [2.75, 3.05) is 7.05 Å². The Morgan fingerprint density at radius 3 is 2.30 bits per heavy atom. The number of carbonyl (C=O) groups is 1. The van der Waals surface area contributed by atoms with Gasteiger partial charge in [-0.25, -0.2) is 4.99 Å². The molecule has 0 fully saturated rings. The number of ketones is 1. The Hall–Kier alpha value is -2.97. The quantitative estimate of drug-likeness (QED) is 0.655. The van der Waals surface area contributed by atoms with Gasteiger partial charge in [-0.1, -0.05) is 29.8 Å². The zero-order valence-corrected chi connectivity index (χ0v) is 13.1. The van der Waals surface area contributed by atoms with E-state index in [0.717, 1.165) is 11.1 Å². The summed E-state index contributed by atoms with van der Waals surface area (Å²) in [4.78, 5) is 16.7. The fraction of sp³-hybridized carbons (Fsp3) is 0.167. The normalized spacial score (nSPS) is 12.5. The molecule has 1 unspecified atom stereocenters. The van der Waals surface area contributed by atoms with E-state index in [-0.39, 0.29) is 11.6 Å². The minimum Gasteiger partial charge on any atom is -0.381 e. The van der Waals surface area contributed by atoms with Crippen LogP contribution in [0.15, 0.2) is 53.5 Å². The Morgan fingerprint density at radius 1 is 1.17 bits per heavy atom. The molecule has 3 N–H and O–H groups in total. The van der Waals surface area contributed by atoms with E-state index >= 15 is 0 Å². The van der Waals surface area contributed by atoms with Crippen molar-refractivity contribution in [2.24, 2.45) is 10.7 Å². The Labute approximate surface area is 135 Å². The smallest absolute Gasteiger partial charge is 0.218 e. The van der Waals surface area contributed by atoms with Crippen molar-refractivity contribution in [1.29, 1.82) is 5.26 Å². The highest BCUT2D eigenvalue weighted by atomic mass is 16.1. The standard InChI is InChI=1S/C18H18N4O/c1-12-3-7-14(8-4-12)16(21-2)17(23)18(20)22-15-9-5-13(11-19)6-10-15/h3-10,16,21H,1-2H3,(H2,20,22). The van der Waals surface area contributed by atoms with E-state index < -0.39 is 6.04 Å². The lowest BCUT2D eigenvalue weighted by atomic mass is 10.0. The van der Waals surface area contributed by atoms with Crippen molar-refractivity contribution in [3.63, 3.8) is 0 Å². The number of carbonyl (C=O) groups excluding carboxylic acids is 1. The largest absolute Gasteiger partial charge is 0.381 e. The first-order chi connectivity index (χ1) is 11.0. The van der Waals surface area contributed by atoms with E-state index in [4.69, 9.17) is 11.0 Å². The third-order valence-corrected chi connectivity index (χ3v) is 3.46. The number of rotatable bonds is 5. The molecule has 5 nitrogen and oxygen atoms in total. The average molecular weight is 306 g/mol. The van der Waals surface area contributed by atoms with Gasteiger partial charge in [0.2, 0.25) is 5.78 Å². The van der Waals surface area contributed by atoms with E-state index in [9.17, 15) is 4.79 Å². The van der Waals surface area contributed by atoms with Crippen LogP contribution in [0.2, 0.25) is 0 Å². The lowest BCUT2D eigenvalue weighted by Crippen LogP contribution is -2.35. The molecular formula is C18H18N4O. The van der Waals surface area contributed by atoms with Gasteiger partial charge >= 0.3 is 0 Å². The molecule has 0 amide bonds. The van der Waals surface area contributed by atoms with Crippen LogP contribution in [0.3, 0.4) is 0 Å². The molecule has 2 aromatic carbocycles. The van der Waals surface area contributed by atoms with Gasteiger partial charge in [0.25, 0.3) is 0 Å². The molecule has 116 valence electrons. The van der Waals surface area contributed by atoms with Crippen molar-refractivity contribution >= 4 is 17.3 Å². The molecule has 0 heterocycles. The van der Waals surface area contributed by atoms with Crippen LogP contribution in [0.4, 0.5) is 5.69 Å². The summed E-state index contributed by atoms with van der Waals surface area (Å²) in [7, 11) is 1.71. The van der Waals surface area contributed by atoms with Gasteiger partial charge in [0.05, 0.1) is 23.4 Å². The number of nitrogens with two attached hydrogens (primary N) is 1. The van der Waals surface area contributed by atoms with Crippen LogP contribution in [0.5, 0.6) is 0 Å². The number of aryl methyl sites for hydroxylation is 1. The summed E-state index contributed by atoms with van der Waals surface area (Å²) in [6.45, 7) is 1.99. The SMILES string of the molecule is CNC(C(=O)C(N)=Nc1ccc(C#N)cc1)c1ccc(C)cc1. The lowest BCUT2D eigenvalue weighted by molar-refractivity contribution is -0.114. The molecule has 0 aliphatic rings. The Bertz CT molecular complexity index is 755. The second-order valence-corrected chi connectivity index (χ2v) is 5.15. The first-order valence-corrected chi connectivity index (χ1v) is 7.17. The number of nitrogens with one attached hydrogen (secondary N) is 1. The fourth-order valence-corrected chi connectivity index (χ4v) is 2.16. The number of likely N-dealkylation sites (N-methyl/N-ethyl adjacent to an activating group) is 1. The van der Waals surface area contributed by atoms with Gasteiger partial charge in [0.15, 0.2) is 5.84 Å². The Balaban J connectivity index is 2.23. The van der Waals surface area contributed by atoms with E-state index in [1.54, 1.807) is 31.3 Å². The van der Waals surface area contributed by atoms with Crippen molar-refractivity contribution < 1.29 is 4.79 Å². The Morgan fingerprint density at radius 2 is 1.78 bits per heavy atom. The Kier molecular flexibility index (Phi) is 5.23. The molecule has 0 aliphatic heterocycles. The van der Waals surface area contributed by atoms with Crippen LogP contribution in [0.25, 0.3) is 0 Å². The third-order valence-electron chi connectivity index (χ3n) is 3.46. The summed E-state index contributed by atoms with van der Waals surface area (Å²) in [5.74, 6) is -0.365. The number of hydrogen-bond donors (Lipinski definition) is 2. The molecule has 0 bridgehead atoms. The number of hydrogen-bond acceptors (Lipinski definition) is 4. The van der Waals surface area contributed by atoms with E-state index in [1.165, 1.54) is 0 Å². The number of benzene rings is 2. The maximum atomic E-state index is 12.5. The van der Waals surface area contributed by atoms with E-state index in [1.807, 2.05) is 37.3 Å². The predicted octanol–water partition coefficient (Wildman–Crippen LogP) is 2.39. The van der Waals surface area contributed by atoms with Crippen LogP contribution in [-0.2, 0) is 4.79 Å². The molecule has 0 aliphatic carbocycles. The highest BCUT2D eigenvalue weighted by molar-refractivity contribution is 6.40. The monoisotopic (exact) mass is 306 g/mol.